The predicted molar refractivity (Wildman–Crippen MR) is 158 cm³/mol. The minimum Gasteiger partial charge on any atom is -0.366 e. The van der Waals surface area contributed by atoms with Crippen LogP contribution in [0.5, 0.6) is 0 Å². The third kappa shape index (κ3) is 6.69. The summed E-state index contributed by atoms with van der Waals surface area (Å²) < 4.78 is 14.2. The van der Waals surface area contributed by atoms with Gasteiger partial charge in [-0.1, -0.05) is 53.7 Å². The van der Waals surface area contributed by atoms with Gasteiger partial charge in [0, 0.05) is 49.2 Å². The first-order valence-corrected chi connectivity index (χ1v) is 14.1. The molecular formula is C30H29ClFN5OS. The van der Waals surface area contributed by atoms with Crippen LogP contribution in [0.15, 0.2) is 78.0 Å². The lowest BCUT2D eigenvalue weighted by molar-refractivity contribution is 0.102. The molecule has 1 saturated heterocycles. The number of para-hydroxylation sites is 1. The van der Waals surface area contributed by atoms with Gasteiger partial charge in [-0.2, -0.15) is 0 Å². The van der Waals surface area contributed by atoms with Crippen molar-refractivity contribution in [2.45, 2.75) is 24.8 Å². The quantitative estimate of drug-likeness (QED) is 0.153. The number of hydrogen-bond donors (Lipinski definition) is 1. The molecule has 0 aliphatic carbocycles. The highest BCUT2D eigenvalue weighted by molar-refractivity contribution is 7.98. The second kappa shape index (κ2) is 12.1. The van der Waals surface area contributed by atoms with E-state index in [9.17, 15) is 9.18 Å². The van der Waals surface area contributed by atoms with Crippen LogP contribution < -0.4 is 15.1 Å². The van der Waals surface area contributed by atoms with Gasteiger partial charge in [-0.3, -0.25) is 4.79 Å². The maximum Gasteiger partial charge on any atom is 0.255 e. The summed E-state index contributed by atoms with van der Waals surface area (Å²) in [5.74, 6) is 1.06. The van der Waals surface area contributed by atoms with Gasteiger partial charge in [-0.05, 0) is 66.9 Å². The number of halogens is 2. The van der Waals surface area contributed by atoms with E-state index < -0.39 is 0 Å². The number of carbonyl (C=O) groups is 1. The highest BCUT2D eigenvalue weighted by Gasteiger charge is 2.21. The van der Waals surface area contributed by atoms with Crippen LogP contribution in [-0.2, 0) is 5.75 Å². The highest BCUT2D eigenvalue weighted by Crippen LogP contribution is 2.27. The Hall–Kier alpha value is -3.62. The molecule has 39 heavy (non-hydrogen) atoms. The molecule has 0 unspecified atom stereocenters. The third-order valence-corrected chi connectivity index (χ3v) is 7.92. The molecule has 0 spiro atoms. The fraction of sp³-hybridized carbons (Fsp3) is 0.233. The number of carbonyl (C=O) groups excluding carboxylic acids is 1. The van der Waals surface area contributed by atoms with Crippen molar-refractivity contribution < 1.29 is 9.18 Å². The number of piperazine rings is 1. The maximum atomic E-state index is 14.2. The van der Waals surface area contributed by atoms with Gasteiger partial charge in [0.25, 0.3) is 5.91 Å². The van der Waals surface area contributed by atoms with Crippen molar-refractivity contribution in [3.8, 4) is 0 Å². The lowest BCUT2D eigenvalue weighted by Crippen LogP contribution is -2.47. The Balaban J connectivity index is 1.17. The summed E-state index contributed by atoms with van der Waals surface area (Å²) in [6.07, 6.45) is 0. The molecule has 1 fully saturated rings. The molecule has 0 atom stereocenters. The first-order chi connectivity index (χ1) is 18.9. The van der Waals surface area contributed by atoms with Crippen molar-refractivity contribution in [3.63, 3.8) is 0 Å². The third-order valence-electron chi connectivity index (χ3n) is 6.81. The zero-order valence-corrected chi connectivity index (χ0v) is 23.4. The van der Waals surface area contributed by atoms with Crippen molar-refractivity contribution in [2.24, 2.45) is 0 Å². The van der Waals surface area contributed by atoms with E-state index >= 15 is 0 Å². The SMILES string of the molecule is Cc1ccc(NC(=O)c2ccc(CSc3nc(Cl)cc(N4CCN(c5ccccc5F)CC4)n3)cc2)cc1C. The monoisotopic (exact) mass is 561 g/mol. The van der Waals surface area contributed by atoms with Gasteiger partial charge >= 0.3 is 0 Å². The van der Waals surface area contributed by atoms with Crippen LogP contribution >= 0.6 is 23.4 Å². The molecule has 200 valence electrons. The molecule has 2 heterocycles. The van der Waals surface area contributed by atoms with Gasteiger partial charge in [-0.15, -0.1) is 0 Å². The predicted octanol–water partition coefficient (Wildman–Crippen LogP) is 6.76. The Morgan fingerprint density at radius 2 is 1.64 bits per heavy atom. The minimum absolute atomic E-state index is 0.143. The number of amides is 1. The Morgan fingerprint density at radius 3 is 2.36 bits per heavy atom. The van der Waals surface area contributed by atoms with Crippen molar-refractivity contribution in [2.75, 3.05) is 41.3 Å². The fourth-order valence-electron chi connectivity index (χ4n) is 4.42. The van der Waals surface area contributed by atoms with E-state index in [0.717, 1.165) is 22.6 Å². The van der Waals surface area contributed by atoms with E-state index in [2.05, 4.69) is 20.1 Å². The number of thioether (sulfide) groups is 1. The summed E-state index contributed by atoms with van der Waals surface area (Å²) in [5, 5.41) is 3.93. The molecule has 9 heteroatoms. The number of nitrogens with zero attached hydrogens (tertiary/aromatic N) is 4. The second-order valence-electron chi connectivity index (χ2n) is 9.50. The molecule has 6 nitrogen and oxygen atoms in total. The van der Waals surface area contributed by atoms with E-state index in [4.69, 9.17) is 16.6 Å². The summed E-state index contributed by atoms with van der Waals surface area (Å²) >= 11 is 7.83. The zero-order chi connectivity index (χ0) is 27.4. The van der Waals surface area contributed by atoms with E-state index in [1.807, 2.05) is 68.4 Å². The van der Waals surface area contributed by atoms with Gasteiger partial charge in [0.1, 0.15) is 16.8 Å². The fourth-order valence-corrected chi connectivity index (χ4v) is 5.46. The van der Waals surface area contributed by atoms with Gasteiger partial charge < -0.3 is 15.1 Å². The maximum absolute atomic E-state index is 14.2. The van der Waals surface area contributed by atoms with Gasteiger partial charge in [0.15, 0.2) is 5.16 Å². The number of hydrogen-bond acceptors (Lipinski definition) is 6. The molecule has 1 aliphatic heterocycles. The molecule has 1 N–H and O–H groups in total. The highest BCUT2D eigenvalue weighted by atomic mass is 35.5. The Labute approximate surface area is 237 Å². The standard InChI is InChI=1S/C30H29ClFN5OS/c1-20-7-12-24(17-21(20)2)33-29(38)23-10-8-22(9-11-23)19-39-30-34-27(31)18-28(35-30)37-15-13-36(14-16-37)26-6-4-3-5-25(26)32/h3-12,17-18H,13-16,19H2,1-2H3,(H,33,38). The Morgan fingerprint density at radius 1 is 0.923 bits per heavy atom. The number of aryl methyl sites for hydroxylation is 2. The van der Waals surface area contributed by atoms with E-state index in [1.165, 1.54) is 23.4 Å². The zero-order valence-electron chi connectivity index (χ0n) is 21.8. The van der Waals surface area contributed by atoms with Gasteiger partial charge in [0.05, 0.1) is 5.69 Å². The molecule has 5 rings (SSSR count). The number of rotatable bonds is 7. The second-order valence-corrected chi connectivity index (χ2v) is 10.8. The Kier molecular flexibility index (Phi) is 8.33. The Bertz CT molecular complexity index is 1470. The van der Waals surface area contributed by atoms with Crippen LogP contribution in [0.25, 0.3) is 0 Å². The first-order valence-electron chi connectivity index (χ1n) is 12.7. The average molecular weight is 562 g/mol. The number of aromatic nitrogens is 2. The topological polar surface area (TPSA) is 61.4 Å². The van der Waals surface area contributed by atoms with Crippen LogP contribution in [-0.4, -0.2) is 42.1 Å². The molecule has 1 aromatic heterocycles. The van der Waals surface area contributed by atoms with E-state index in [-0.39, 0.29) is 11.7 Å². The normalized spacial score (nSPS) is 13.4. The summed E-state index contributed by atoms with van der Waals surface area (Å²) in [7, 11) is 0. The van der Waals surface area contributed by atoms with Crippen LogP contribution in [0, 0.1) is 19.7 Å². The average Bonchev–Trinajstić information content (AvgIpc) is 2.94. The van der Waals surface area contributed by atoms with Gasteiger partial charge in [0.2, 0.25) is 0 Å². The molecule has 4 aromatic rings. The van der Waals surface area contributed by atoms with Crippen molar-refractivity contribution in [3.05, 3.63) is 106 Å². The molecule has 1 amide bonds. The molecule has 1 aliphatic rings. The van der Waals surface area contributed by atoms with Crippen molar-refractivity contribution in [1.29, 1.82) is 0 Å². The van der Waals surface area contributed by atoms with Crippen LogP contribution in [0.3, 0.4) is 0 Å². The first kappa shape index (κ1) is 27.0. The molecule has 0 saturated carbocycles. The smallest absolute Gasteiger partial charge is 0.255 e. The summed E-state index contributed by atoms with van der Waals surface area (Å²) in [6, 6.07) is 22.0. The van der Waals surface area contributed by atoms with E-state index in [1.54, 1.807) is 12.1 Å². The summed E-state index contributed by atoms with van der Waals surface area (Å²) in [5.41, 5.74) is 5.38. The van der Waals surface area contributed by atoms with Crippen LogP contribution in [0.4, 0.5) is 21.6 Å². The number of anilines is 3. The van der Waals surface area contributed by atoms with Crippen molar-refractivity contribution in [1.82, 2.24) is 9.97 Å². The summed E-state index contributed by atoms with van der Waals surface area (Å²) in [6.45, 7) is 6.86. The lowest BCUT2D eigenvalue weighted by Gasteiger charge is -2.36. The largest absolute Gasteiger partial charge is 0.366 e. The van der Waals surface area contributed by atoms with Crippen LogP contribution in [0.1, 0.15) is 27.0 Å². The minimum atomic E-state index is -0.204. The summed E-state index contributed by atoms with van der Waals surface area (Å²) in [4.78, 5) is 26.0. The lowest BCUT2D eigenvalue weighted by atomic mass is 10.1. The van der Waals surface area contributed by atoms with Gasteiger partial charge in [-0.25, -0.2) is 14.4 Å². The number of benzene rings is 3. The molecule has 3 aromatic carbocycles. The van der Waals surface area contributed by atoms with Crippen LogP contribution in [0.2, 0.25) is 5.15 Å². The number of nitrogens with one attached hydrogen (secondary N) is 1. The van der Waals surface area contributed by atoms with Crippen molar-refractivity contribution >= 4 is 46.5 Å². The van der Waals surface area contributed by atoms with E-state index in [0.29, 0.717) is 53.5 Å². The molecule has 0 radical (unpaired) electrons. The molecular weight excluding hydrogens is 533 g/mol. The molecule has 0 bridgehead atoms.